The molecule has 156 valence electrons. The van der Waals surface area contributed by atoms with Crippen LogP contribution in [0.2, 0.25) is 5.02 Å². The molecule has 0 saturated carbocycles. The number of amides is 1. The Morgan fingerprint density at radius 2 is 2.03 bits per heavy atom. The quantitative estimate of drug-likeness (QED) is 0.285. The first-order valence-electron chi connectivity index (χ1n) is 9.36. The summed E-state index contributed by atoms with van der Waals surface area (Å²) in [6.45, 7) is 4.19. The highest BCUT2D eigenvalue weighted by Crippen LogP contribution is 2.34. The van der Waals surface area contributed by atoms with Crippen LogP contribution < -0.4 is 4.90 Å². The summed E-state index contributed by atoms with van der Waals surface area (Å²) in [5.74, 6) is -0.467. The second-order valence-electron chi connectivity index (χ2n) is 7.10. The molecule has 0 unspecified atom stereocenters. The second kappa shape index (κ2) is 8.41. The lowest BCUT2D eigenvalue weighted by atomic mass is 10.1. The van der Waals surface area contributed by atoms with Crippen molar-refractivity contribution < 1.29 is 9.72 Å². The monoisotopic (exact) mass is 452 g/mol. The third-order valence-corrected chi connectivity index (χ3v) is 6.30. The maximum absolute atomic E-state index is 13.5. The van der Waals surface area contributed by atoms with Gasteiger partial charge in [0.15, 0.2) is 5.13 Å². The van der Waals surface area contributed by atoms with Crippen molar-refractivity contribution in [3.63, 3.8) is 0 Å². The second-order valence-corrected chi connectivity index (χ2v) is 8.49. The van der Waals surface area contributed by atoms with E-state index in [9.17, 15) is 14.9 Å². The first-order chi connectivity index (χ1) is 14.8. The van der Waals surface area contributed by atoms with Crippen LogP contribution in [0.5, 0.6) is 0 Å². The number of nitrogens with zero attached hydrogens (tertiary/aromatic N) is 4. The number of aromatic nitrogens is 2. The van der Waals surface area contributed by atoms with Crippen molar-refractivity contribution in [3.05, 3.63) is 92.2 Å². The predicted molar refractivity (Wildman–Crippen MR) is 122 cm³/mol. The fraction of sp³-hybridized carbons (Fsp3) is 0.136. The molecule has 4 rings (SSSR count). The number of halogens is 1. The Bertz CT molecular complexity index is 1310. The van der Waals surface area contributed by atoms with Gasteiger partial charge in [-0.1, -0.05) is 35.1 Å². The number of rotatable bonds is 5. The number of carbonyl (C=O) groups is 1. The summed E-state index contributed by atoms with van der Waals surface area (Å²) >= 11 is 7.65. The molecule has 0 N–H and O–H groups in total. The smallest absolute Gasteiger partial charge is 0.270 e. The Kier molecular flexibility index (Phi) is 5.67. The first kappa shape index (κ1) is 20.9. The van der Waals surface area contributed by atoms with Gasteiger partial charge >= 0.3 is 0 Å². The van der Waals surface area contributed by atoms with Crippen molar-refractivity contribution in [2.45, 2.75) is 20.4 Å². The summed E-state index contributed by atoms with van der Waals surface area (Å²) < 4.78 is 0.981. The minimum Gasteiger partial charge on any atom is -0.279 e. The van der Waals surface area contributed by atoms with Gasteiger partial charge in [-0.15, -0.1) is 0 Å². The number of thiazole rings is 1. The third-order valence-electron chi connectivity index (χ3n) is 4.74. The number of hydrogen-bond acceptors (Lipinski definition) is 6. The van der Waals surface area contributed by atoms with Crippen LogP contribution in [0, 0.1) is 24.0 Å². The van der Waals surface area contributed by atoms with Gasteiger partial charge in [-0.05, 0) is 48.7 Å². The van der Waals surface area contributed by atoms with E-state index in [1.54, 1.807) is 18.5 Å². The molecule has 2 heterocycles. The Balaban J connectivity index is 1.84. The number of fused-ring (bicyclic) bond motifs is 1. The molecule has 31 heavy (non-hydrogen) atoms. The molecular formula is C22H17ClN4O3S. The van der Waals surface area contributed by atoms with E-state index < -0.39 is 10.8 Å². The highest BCUT2D eigenvalue weighted by atomic mass is 35.5. The zero-order valence-corrected chi connectivity index (χ0v) is 18.3. The zero-order valence-electron chi connectivity index (χ0n) is 16.7. The summed E-state index contributed by atoms with van der Waals surface area (Å²) in [5.41, 5.74) is 3.59. The molecule has 0 aliphatic rings. The van der Waals surface area contributed by atoms with E-state index in [0.717, 1.165) is 26.9 Å². The minimum absolute atomic E-state index is 0.0481. The zero-order chi connectivity index (χ0) is 22.1. The van der Waals surface area contributed by atoms with Gasteiger partial charge in [0, 0.05) is 24.5 Å². The van der Waals surface area contributed by atoms with E-state index >= 15 is 0 Å². The fourth-order valence-electron chi connectivity index (χ4n) is 3.32. The number of nitro benzene ring substituents is 1. The topological polar surface area (TPSA) is 89.2 Å². The molecule has 1 amide bonds. The van der Waals surface area contributed by atoms with E-state index in [1.165, 1.54) is 34.4 Å². The molecular weight excluding hydrogens is 436 g/mol. The summed E-state index contributed by atoms with van der Waals surface area (Å²) in [6.07, 6.45) is 3.31. The van der Waals surface area contributed by atoms with Crippen molar-refractivity contribution in [2.75, 3.05) is 4.90 Å². The number of benzene rings is 2. The molecule has 0 aliphatic carbocycles. The van der Waals surface area contributed by atoms with E-state index in [4.69, 9.17) is 16.6 Å². The molecule has 0 fully saturated rings. The number of anilines is 1. The molecule has 0 aliphatic heterocycles. The van der Waals surface area contributed by atoms with Crippen LogP contribution in [0.25, 0.3) is 10.2 Å². The highest BCUT2D eigenvalue weighted by Gasteiger charge is 2.26. The van der Waals surface area contributed by atoms with Crippen LogP contribution in [0.15, 0.2) is 54.9 Å². The summed E-state index contributed by atoms with van der Waals surface area (Å²) in [7, 11) is 0. The summed E-state index contributed by atoms with van der Waals surface area (Å²) in [4.78, 5) is 34.5. The molecule has 0 spiro atoms. The Hall–Kier alpha value is -3.36. The van der Waals surface area contributed by atoms with Crippen molar-refractivity contribution in [2.24, 2.45) is 0 Å². The Morgan fingerprint density at radius 1 is 1.23 bits per heavy atom. The Morgan fingerprint density at radius 3 is 2.74 bits per heavy atom. The number of nitro groups is 1. The number of carbonyl (C=O) groups excluding carboxylic acids is 1. The minimum atomic E-state index is -0.553. The molecule has 2 aromatic heterocycles. The van der Waals surface area contributed by atoms with Crippen LogP contribution in [0.4, 0.5) is 10.8 Å². The van der Waals surface area contributed by atoms with Crippen LogP contribution in [0.1, 0.15) is 27.0 Å². The number of aryl methyl sites for hydroxylation is 2. The maximum Gasteiger partial charge on any atom is 0.270 e. The first-order valence-corrected chi connectivity index (χ1v) is 10.6. The number of hydrogen-bond donors (Lipinski definition) is 0. The molecule has 4 aromatic rings. The average Bonchev–Trinajstić information content (AvgIpc) is 3.16. The predicted octanol–water partition coefficient (Wildman–Crippen LogP) is 5.72. The molecule has 0 bridgehead atoms. The van der Waals surface area contributed by atoms with Crippen molar-refractivity contribution >= 4 is 49.9 Å². The Labute approximate surface area is 187 Å². The molecule has 2 aromatic carbocycles. The maximum atomic E-state index is 13.5. The lowest BCUT2D eigenvalue weighted by Gasteiger charge is -2.20. The lowest BCUT2D eigenvalue weighted by Crippen LogP contribution is -2.30. The van der Waals surface area contributed by atoms with Gasteiger partial charge in [-0.25, -0.2) is 4.98 Å². The molecule has 0 atom stereocenters. The summed E-state index contributed by atoms with van der Waals surface area (Å²) in [6, 6.07) is 11.5. The highest BCUT2D eigenvalue weighted by molar-refractivity contribution is 7.22. The third kappa shape index (κ3) is 4.26. The van der Waals surface area contributed by atoms with Gasteiger partial charge in [0.2, 0.25) is 0 Å². The van der Waals surface area contributed by atoms with E-state index in [2.05, 4.69) is 11.1 Å². The largest absolute Gasteiger partial charge is 0.279 e. The number of pyridine rings is 1. The van der Waals surface area contributed by atoms with Crippen molar-refractivity contribution in [1.29, 1.82) is 0 Å². The normalized spacial score (nSPS) is 10.9. The molecule has 7 nitrogen and oxygen atoms in total. The summed E-state index contributed by atoms with van der Waals surface area (Å²) in [5, 5.41) is 11.8. The van der Waals surface area contributed by atoms with Gasteiger partial charge in [-0.3, -0.25) is 24.8 Å². The van der Waals surface area contributed by atoms with Gasteiger partial charge in [0.25, 0.3) is 11.6 Å². The van der Waals surface area contributed by atoms with E-state index in [-0.39, 0.29) is 22.8 Å². The van der Waals surface area contributed by atoms with Crippen LogP contribution >= 0.6 is 22.9 Å². The van der Waals surface area contributed by atoms with Crippen molar-refractivity contribution in [3.8, 4) is 0 Å². The van der Waals surface area contributed by atoms with E-state index in [1.807, 2.05) is 26.0 Å². The van der Waals surface area contributed by atoms with Crippen LogP contribution in [-0.2, 0) is 6.54 Å². The van der Waals surface area contributed by atoms with E-state index in [0.29, 0.717) is 5.13 Å². The van der Waals surface area contributed by atoms with Gasteiger partial charge in [0.1, 0.15) is 0 Å². The average molecular weight is 453 g/mol. The standard InChI is InChI=1S/C22H17ClN4O3S/c1-13-8-14(2)20-19(9-13)25-22(31-20)26(12-15-4-3-7-24-11-15)21(28)17-10-16(27(29)30)5-6-18(17)23/h3-11H,12H2,1-2H3. The van der Waals surface area contributed by atoms with Gasteiger partial charge in [-0.2, -0.15) is 0 Å². The SMILES string of the molecule is Cc1cc(C)c2sc(N(Cc3cccnc3)C(=O)c3cc([N+](=O)[O-])ccc3Cl)nc2c1. The molecule has 9 heteroatoms. The van der Waals surface area contributed by atoms with Gasteiger partial charge < -0.3 is 0 Å². The fourth-order valence-corrected chi connectivity index (χ4v) is 4.53. The number of non-ortho nitro benzene ring substituents is 1. The van der Waals surface area contributed by atoms with Crippen LogP contribution in [0.3, 0.4) is 0 Å². The lowest BCUT2D eigenvalue weighted by molar-refractivity contribution is -0.384. The van der Waals surface area contributed by atoms with Crippen molar-refractivity contribution in [1.82, 2.24) is 9.97 Å². The van der Waals surface area contributed by atoms with Gasteiger partial charge in [0.05, 0.1) is 32.3 Å². The molecule has 0 saturated heterocycles. The molecule has 0 radical (unpaired) electrons. The van der Waals surface area contributed by atoms with Crippen LogP contribution in [-0.4, -0.2) is 20.8 Å².